The van der Waals surface area contributed by atoms with Crippen LogP contribution in [0.2, 0.25) is 0 Å². The number of fused-ring (bicyclic) bond motifs is 1. The molecule has 19 heavy (non-hydrogen) atoms. The van der Waals surface area contributed by atoms with Gasteiger partial charge in [0, 0.05) is 5.39 Å². The number of ether oxygens (including phenoxy) is 1. The topological polar surface area (TPSA) is 40.5 Å². The van der Waals surface area contributed by atoms with Gasteiger partial charge in [0.05, 0.1) is 12.1 Å². The van der Waals surface area contributed by atoms with Gasteiger partial charge in [-0.05, 0) is 37.8 Å². The van der Waals surface area contributed by atoms with E-state index >= 15 is 0 Å². The quantitative estimate of drug-likeness (QED) is 0.775. The number of esters is 1. The molecule has 0 spiro atoms. The van der Waals surface area contributed by atoms with Gasteiger partial charge in [0.1, 0.15) is 6.61 Å². The zero-order valence-electron chi connectivity index (χ0n) is 11.0. The van der Waals surface area contributed by atoms with E-state index in [0.29, 0.717) is 24.8 Å². The van der Waals surface area contributed by atoms with E-state index in [0.717, 1.165) is 10.9 Å². The number of rotatable bonds is 5. The number of benzene rings is 1. The van der Waals surface area contributed by atoms with Crippen molar-refractivity contribution in [3.8, 4) is 0 Å². The fourth-order valence-electron chi connectivity index (χ4n) is 2.08. The highest BCUT2D eigenvalue weighted by atomic mass is 16.7. The molecule has 0 saturated heterocycles. The molecular formula is C15H17NO3. The number of carbonyl (C=O) groups excluding carboxylic acids is 1. The normalized spacial score (nSPS) is 14.6. The van der Waals surface area contributed by atoms with Crippen molar-refractivity contribution >= 4 is 16.9 Å². The number of hydrogen-bond donors (Lipinski definition) is 0. The van der Waals surface area contributed by atoms with Crippen LogP contribution in [0.25, 0.3) is 10.9 Å². The standard InChI is InChI=1S/C15H17NO3/c1-2-18-15(17)14-9-12-5-3-4-6-13(12)16(14)19-10-11-7-8-11/h3-6,9,11H,2,7-8,10H2,1H3. The second-order valence-corrected chi connectivity index (χ2v) is 4.84. The minimum Gasteiger partial charge on any atom is -0.461 e. The number of carbonyl (C=O) groups is 1. The number of nitrogens with zero attached hydrogens (tertiary/aromatic N) is 1. The van der Waals surface area contributed by atoms with Gasteiger partial charge in [0.15, 0.2) is 5.69 Å². The van der Waals surface area contributed by atoms with Gasteiger partial charge in [-0.1, -0.05) is 18.2 Å². The van der Waals surface area contributed by atoms with Crippen LogP contribution in [0.4, 0.5) is 0 Å². The summed E-state index contributed by atoms with van der Waals surface area (Å²) in [6.07, 6.45) is 2.43. The first-order chi connectivity index (χ1) is 9.29. The Morgan fingerprint density at radius 2 is 2.16 bits per heavy atom. The smallest absolute Gasteiger partial charge is 0.358 e. The Balaban J connectivity index is 1.97. The fraction of sp³-hybridized carbons (Fsp3) is 0.400. The summed E-state index contributed by atoms with van der Waals surface area (Å²) in [4.78, 5) is 17.8. The van der Waals surface area contributed by atoms with Crippen molar-refractivity contribution in [1.82, 2.24) is 4.73 Å². The van der Waals surface area contributed by atoms with Gasteiger partial charge in [0.2, 0.25) is 0 Å². The maximum absolute atomic E-state index is 12.0. The fourth-order valence-corrected chi connectivity index (χ4v) is 2.08. The lowest BCUT2D eigenvalue weighted by molar-refractivity contribution is 0.0443. The van der Waals surface area contributed by atoms with Crippen molar-refractivity contribution in [2.75, 3.05) is 13.2 Å². The molecule has 0 N–H and O–H groups in total. The van der Waals surface area contributed by atoms with E-state index in [9.17, 15) is 4.79 Å². The third-order valence-electron chi connectivity index (χ3n) is 3.29. The van der Waals surface area contributed by atoms with Gasteiger partial charge in [0.25, 0.3) is 0 Å². The second-order valence-electron chi connectivity index (χ2n) is 4.84. The summed E-state index contributed by atoms with van der Waals surface area (Å²) in [5.74, 6) is 0.297. The highest BCUT2D eigenvalue weighted by Gasteiger charge is 2.24. The first-order valence-corrected chi connectivity index (χ1v) is 6.70. The number of para-hydroxylation sites is 1. The van der Waals surface area contributed by atoms with Gasteiger partial charge in [-0.2, -0.15) is 4.73 Å². The van der Waals surface area contributed by atoms with Crippen LogP contribution < -0.4 is 4.84 Å². The third kappa shape index (κ3) is 2.43. The van der Waals surface area contributed by atoms with Crippen molar-refractivity contribution in [3.63, 3.8) is 0 Å². The molecule has 0 unspecified atom stereocenters. The summed E-state index contributed by atoms with van der Waals surface area (Å²) < 4.78 is 6.70. The molecule has 0 atom stereocenters. The Morgan fingerprint density at radius 1 is 1.37 bits per heavy atom. The van der Waals surface area contributed by atoms with Gasteiger partial charge in [-0.3, -0.25) is 0 Å². The van der Waals surface area contributed by atoms with Crippen LogP contribution in [-0.2, 0) is 4.74 Å². The summed E-state index contributed by atoms with van der Waals surface area (Å²) in [5.41, 5.74) is 1.37. The van der Waals surface area contributed by atoms with Crippen molar-refractivity contribution < 1.29 is 14.4 Å². The molecule has 4 heteroatoms. The largest absolute Gasteiger partial charge is 0.461 e. The summed E-state index contributed by atoms with van der Waals surface area (Å²) >= 11 is 0. The average molecular weight is 259 g/mol. The minimum absolute atomic E-state index is 0.338. The lowest BCUT2D eigenvalue weighted by atomic mass is 10.2. The molecule has 0 aliphatic heterocycles. The second kappa shape index (κ2) is 4.96. The lowest BCUT2D eigenvalue weighted by Crippen LogP contribution is -2.20. The first kappa shape index (κ1) is 12.1. The molecule has 1 aliphatic carbocycles. The summed E-state index contributed by atoms with van der Waals surface area (Å²) in [6.45, 7) is 2.82. The van der Waals surface area contributed by atoms with Gasteiger partial charge in [-0.15, -0.1) is 0 Å². The third-order valence-corrected chi connectivity index (χ3v) is 3.29. The molecular weight excluding hydrogens is 242 g/mol. The van der Waals surface area contributed by atoms with Gasteiger partial charge >= 0.3 is 5.97 Å². The van der Waals surface area contributed by atoms with Gasteiger partial charge in [-0.25, -0.2) is 4.79 Å². The molecule has 0 amide bonds. The Labute approximate surface area is 111 Å². The maximum Gasteiger partial charge on any atom is 0.358 e. The van der Waals surface area contributed by atoms with Crippen LogP contribution in [0.1, 0.15) is 30.3 Å². The predicted molar refractivity (Wildman–Crippen MR) is 72.1 cm³/mol. The highest BCUT2D eigenvalue weighted by Crippen LogP contribution is 2.29. The monoisotopic (exact) mass is 259 g/mol. The Morgan fingerprint density at radius 3 is 2.89 bits per heavy atom. The molecule has 4 nitrogen and oxygen atoms in total. The van der Waals surface area contributed by atoms with Crippen LogP contribution >= 0.6 is 0 Å². The zero-order chi connectivity index (χ0) is 13.2. The molecule has 1 heterocycles. The predicted octanol–water partition coefficient (Wildman–Crippen LogP) is 2.66. The van der Waals surface area contributed by atoms with E-state index in [4.69, 9.17) is 9.57 Å². The van der Waals surface area contributed by atoms with E-state index in [1.54, 1.807) is 11.7 Å². The summed E-state index contributed by atoms with van der Waals surface area (Å²) in [5, 5.41) is 0.987. The highest BCUT2D eigenvalue weighted by molar-refractivity contribution is 5.95. The van der Waals surface area contributed by atoms with Crippen molar-refractivity contribution in [3.05, 3.63) is 36.0 Å². The van der Waals surface area contributed by atoms with Crippen LogP contribution in [0.15, 0.2) is 30.3 Å². The van der Waals surface area contributed by atoms with Crippen molar-refractivity contribution in [2.24, 2.45) is 5.92 Å². The molecule has 0 radical (unpaired) electrons. The van der Waals surface area contributed by atoms with Gasteiger partial charge < -0.3 is 9.57 Å². The molecule has 3 rings (SSSR count). The summed E-state index contributed by atoms with van der Waals surface area (Å²) in [6, 6.07) is 9.62. The molecule has 100 valence electrons. The van der Waals surface area contributed by atoms with Crippen LogP contribution in [0, 0.1) is 5.92 Å². The van der Waals surface area contributed by atoms with E-state index < -0.39 is 0 Å². The number of hydrogen-bond acceptors (Lipinski definition) is 3. The van der Waals surface area contributed by atoms with E-state index in [1.807, 2.05) is 30.3 Å². The van der Waals surface area contributed by atoms with E-state index in [1.165, 1.54) is 12.8 Å². The Hall–Kier alpha value is -1.97. The molecule has 0 bridgehead atoms. The van der Waals surface area contributed by atoms with Crippen molar-refractivity contribution in [1.29, 1.82) is 0 Å². The first-order valence-electron chi connectivity index (χ1n) is 6.70. The zero-order valence-corrected chi connectivity index (χ0v) is 11.0. The van der Waals surface area contributed by atoms with E-state index in [2.05, 4.69) is 0 Å². The molecule has 1 aromatic heterocycles. The molecule has 1 aliphatic rings. The van der Waals surface area contributed by atoms with Crippen molar-refractivity contribution in [2.45, 2.75) is 19.8 Å². The molecule has 1 saturated carbocycles. The molecule has 1 fully saturated rings. The molecule has 1 aromatic carbocycles. The lowest BCUT2D eigenvalue weighted by Gasteiger charge is -2.11. The van der Waals surface area contributed by atoms with Crippen LogP contribution in [0.5, 0.6) is 0 Å². The average Bonchev–Trinajstić information content (AvgIpc) is 3.17. The molecule has 2 aromatic rings. The minimum atomic E-state index is -0.338. The van der Waals surface area contributed by atoms with Crippen LogP contribution in [-0.4, -0.2) is 23.9 Å². The Kier molecular flexibility index (Phi) is 3.15. The maximum atomic E-state index is 12.0. The van der Waals surface area contributed by atoms with Crippen LogP contribution in [0.3, 0.4) is 0 Å². The van der Waals surface area contributed by atoms with E-state index in [-0.39, 0.29) is 5.97 Å². The summed E-state index contributed by atoms with van der Waals surface area (Å²) in [7, 11) is 0. The Bertz CT molecular complexity index is 598. The SMILES string of the molecule is CCOC(=O)c1cc2ccccc2n1OCC1CC1. The number of aromatic nitrogens is 1.